The first-order valence-corrected chi connectivity index (χ1v) is 10.5. The van der Waals surface area contributed by atoms with Crippen LogP contribution in [0.15, 0.2) is 65.8 Å². The number of nitrogens with zero attached hydrogens (tertiary/aromatic N) is 5. The molecule has 3 N–H and O–H groups in total. The number of anilines is 2. The highest BCUT2D eigenvalue weighted by atomic mass is 32.2. The number of hydrogen-bond donors (Lipinski definition) is 2. The smallest absolute Gasteiger partial charge is 0.229 e. The lowest BCUT2D eigenvalue weighted by Crippen LogP contribution is -2.16. The predicted molar refractivity (Wildman–Crippen MR) is 122 cm³/mol. The number of aromatic nitrogens is 5. The molecule has 0 spiro atoms. The molecule has 1 atom stereocenters. The van der Waals surface area contributed by atoms with Crippen molar-refractivity contribution in [3.05, 3.63) is 66.5 Å². The Hall–Kier alpha value is -3.39. The van der Waals surface area contributed by atoms with Crippen LogP contribution in [-0.2, 0) is 0 Å². The van der Waals surface area contributed by atoms with Crippen molar-refractivity contribution in [2.24, 2.45) is 0 Å². The average Bonchev–Trinajstić information content (AvgIpc) is 3.18. The number of aromatic amines is 1. The minimum absolute atomic E-state index is 0.0626. The monoisotopic (exact) mass is 417 g/mol. The van der Waals surface area contributed by atoms with Gasteiger partial charge in [-0.05, 0) is 6.92 Å². The van der Waals surface area contributed by atoms with E-state index < -0.39 is 0 Å². The van der Waals surface area contributed by atoms with E-state index >= 15 is 0 Å². The molecule has 0 unspecified atom stereocenters. The summed E-state index contributed by atoms with van der Waals surface area (Å²) >= 11 is 1.56. The zero-order valence-corrected chi connectivity index (χ0v) is 17.9. The Bertz CT molecular complexity index is 1070. The molecule has 2 aromatic heterocycles. The Morgan fingerprint density at radius 2 is 1.50 bits per heavy atom. The van der Waals surface area contributed by atoms with E-state index in [1.54, 1.807) is 11.8 Å². The SMILES string of the molecule is C[C@H](Sc1nc(-c2ccccc2)c(-c2ccccc2)[nH]1)c1nc(N)nc(N(C)C)n1. The van der Waals surface area contributed by atoms with Crippen molar-refractivity contribution in [3.63, 3.8) is 0 Å². The van der Waals surface area contributed by atoms with Gasteiger partial charge in [0.2, 0.25) is 11.9 Å². The minimum atomic E-state index is -0.0626. The Balaban J connectivity index is 1.69. The Morgan fingerprint density at radius 3 is 2.13 bits per heavy atom. The molecule has 0 aliphatic heterocycles. The molecule has 7 nitrogen and oxygen atoms in total. The zero-order valence-electron chi connectivity index (χ0n) is 17.1. The molecule has 0 bridgehead atoms. The van der Waals surface area contributed by atoms with E-state index in [9.17, 15) is 0 Å². The molecular weight excluding hydrogens is 394 g/mol. The first-order valence-electron chi connectivity index (χ1n) is 9.57. The number of imidazole rings is 1. The van der Waals surface area contributed by atoms with Crippen LogP contribution < -0.4 is 10.6 Å². The molecule has 8 heteroatoms. The van der Waals surface area contributed by atoms with Gasteiger partial charge in [-0.15, -0.1) is 0 Å². The second-order valence-corrected chi connectivity index (χ2v) is 8.33. The molecule has 4 aromatic rings. The molecule has 0 fully saturated rings. The van der Waals surface area contributed by atoms with Crippen LogP contribution >= 0.6 is 11.8 Å². The normalized spacial score (nSPS) is 12.0. The zero-order chi connectivity index (χ0) is 21.1. The van der Waals surface area contributed by atoms with Crippen molar-refractivity contribution in [1.29, 1.82) is 0 Å². The van der Waals surface area contributed by atoms with Crippen LogP contribution in [0, 0.1) is 0 Å². The molecule has 0 aliphatic carbocycles. The van der Waals surface area contributed by atoms with Crippen LogP contribution in [0.5, 0.6) is 0 Å². The van der Waals surface area contributed by atoms with Gasteiger partial charge in [0.05, 0.1) is 16.6 Å². The number of nitrogens with two attached hydrogens (primary N) is 1. The average molecular weight is 418 g/mol. The van der Waals surface area contributed by atoms with Gasteiger partial charge in [0.25, 0.3) is 0 Å². The molecule has 2 heterocycles. The largest absolute Gasteiger partial charge is 0.368 e. The highest BCUT2D eigenvalue weighted by molar-refractivity contribution is 7.99. The van der Waals surface area contributed by atoms with Gasteiger partial charge in [0.1, 0.15) is 5.82 Å². The molecule has 0 aliphatic rings. The molecule has 152 valence electrons. The maximum Gasteiger partial charge on any atom is 0.229 e. The highest BCUT2D eigenvalue weighted by Gasteiger charge is 2.19. The van der Waals surface area contributed by atoms with E-state index in [2.05, 4.69) is 44.2 Å². The third kappa shape index (κ3) is 4.28. The van der Waals surface area contributed by atoms with E-state index in [0.29, 0.717) is 11.8 Å². The summed E-state index contributed by atoms with van der Waals surface area (Å²) in [7, 11) is 3.75. The quantitative estimate of drug-likeness (QED) is 0.448. The van der Waals surface area contributed by atoms with E-state index in [1.165, 1.54) is 0 Å². The summed E-state index contributed by atoms with van der Waals surface area (Å²) in [6, 6.07) is 20.4. The third-order valence-electron chi connectivity index (χ3n) is 4.50. The summed E-state index contributed by atoms with van der Waals surface area (Å²) in [5.74, 6) is 1.38. The molecular formula is C22H23N7S. The number of hydrogen-bond acceptors (Lipinski definition) is 7. The van der Waals surface area contributed by atoms with Gasteiger partial charge in [-0.2, -0.15) is 15.0 Å². The fourth-order valence-corrected chi connectivity index (χ4v) is 3.88. The predicted octanol–water partition coefficient (Wildman–Crippen LogP) is 4.43. The molecule has 0 radical (unpaired) electrons. The molecule has 0 saturated carbocycles. The van der Waals surface area contributed by atoms with Crippen molar-refractivity contribution in [1.82, 2.24) is 24.9 Å². The Kier molecular flexibility index (Phi) is 5.67. The van der Waals surface area contributed by atoms with Crippen LogP contribution in [0.1, 0.15) is 18.0 Å². The Labute approximate surface area is 179 Å². The summed E-state index contributed by atoms with van der Waals surface area (Å²) in [6.45, 7) is 2.03. The van der Waals surface area contributed by atoms with Crippen LogP contribution in [-0.4, -0.2) is 39.0 Å². The molecule has 0 amide bonds. The molecule has 2 aromatic carbocycles. The fourth-order valence-electron chi connectivity index (χ4n) is 3.03. The number of nitrogen functional groups attached to an aromatic ring is 1. The van der Waals surface area contributed by atoms with Gasteiger partial charge in [-0.1, -0.05) is 72.4 Å². The van der Waals surface area contributed by atoms with Crippen LogP contribution in [0.2, 0.25) is 0 Å². The number of H-pyrrole nitrogens is 1. The second-order valence-electron chi connectivity index (χ2n) is 7.00. The molecule has 0 saturated heterocycles. The van der Waals surface area contributed by atoms with E-state index in [4.69, 9.17) is 10.7 Å². The highest BCUT2D eigenvalue weighted by Crippen LogP contribution is 2.37. The Morgan fingerprint density at radius 1 is 0.867 bits per heavy atom. The maximum atomic E-state index is 5.89. The van der Waals surface area contributed by atoms with E-state index in [0.717, 1.165) is 27.7 Å². The van der Waals surface area contributed by atoms with Crippen LogP contribution in [0.25, 0.3) is 22.5 Å². The number of benzene rings is 2. The topological polar surface area (TPSA) is 96.6 Å². The lowest BCUT2D eigenvalue weighted by Gasteiger charge is -2.14. The number of thioether (sulfide) groups is 1. The standard InChI is InChI=1S/C22H23N7S/c1-14(19-26-20(23)28-21(27-19)29(2)3)30-22-24-17(15-10-6-4-7-11-15)18(25-22)16-12-8-5-9-13-16/h4-14H,1-3H3,(H,24,25)(H2,23,26,27,28)/t14-/m0/s1. The van der Waals surface area contributed by atoms with E-state index in [-0.39, 0.29) is 11.2 Å². The van der Waals surface area contributed by atoms with Gasteiger partial charge < -0.3 is 15.6 Å². The van der Waals surface area contributed by atoms with Crippen molar-refractivity contribution in [2.45, 2.75) is 17.3 Å². The number of rotatable bonds is 6. The van der Waals surface area contributed by atoms with E-state index in [1.807, 2.05) is 62.3 Å². The van der Waals surface area contributed by atoms with Crippen molar-refractivity contribution < 1.29 is 0 Å². The summed E-state index contributed by atoms with van der Waals surface area (Å²) in [4.78, 5) is 23.2. The third-order valence-corrected chi connectivity index (χ3v) is 5.48. The summed E-state index contributed by atoms with van der Waals surface area (Å²) < 4.78 is 0. The summed E-state index contributed by atoms with van der Waals surface area (Å²) in [5.41, 5.74) is 9.94. The maximum absolute atomic E-state index is 5.89. The lowest BCUT2D eigenvalue weighted by atomic mass is 10.1. The van der Waals surface area contributed by atoms with Crippen molar-refractivity contribution >= 4 is 23.7 Å². The summed E-state index contributed by atoms with van der Waals surface area (Å²) in [6.07, 6.45) is 0. The van der Waals surface area contributed by atoms with Gasteiger partial charge >= 0.3 is 0 Å². The van der Waals surface area contributed by atoms with Crippen molar-refractivity contribution in [2.75, 3.05) is 24.7 Å². The fraction of sp³-hybridized carbons (Fsp3) is 0.182. The second kappa shape index (κ2) is 8.54. The number of nitrogens with one attached hydrogen (secondary N) is 1. The van der Waals surface area contributed by atoms with Gasteiger partial charge in [0, 0.05) is 25.2 Å². The summed E-state index contributed by atoms with van der Waals surface area (Å²) in [5, 5.41) is 0.734. The molecule has 4 rings (SSSR count). The van der Waals surface area contributed by atoms with Gasteiger partial charge in [-0.25, -0.2) is 4.98 Å². The molecule has 30 heavy (non-hydrogen) atoms. The first kappa shape index (κ1) is 19.9. The van der Waals surface area contributed by atoms with Crippen LogP contribution in [0.4, 0.5) is 11.9 Å². The minimum Gasteiger partial charge on any atom is -0.368 e. The lowest BCUT2D eigenvalue weighted by molar-refractivity contribution is 0.861. The van der Waals surface area contributed by atoms with Gasteiger partial charge in [0.15, 0.2) is 5.16 Å². The van der Waals surface area contributed by atoms with Crippen LogP contribution in [0.3, 0.4) is 0 Å². The van der Waals surface area contributed by atoms with Gasteiger partial charge in [-0.3, -0.25) is 0 Å². The van der Waals surface area contributed by atoms with Crippen molar-refractivity contribution in [3.8, 4) is 22.5 Å². The first-order chi connectivity index (χ1) is 14.5.